The van der Waals surface area contributed by atoms with Gasteiger partial charge in [-0.1, -0.05) is 13.8 Å². The SMILES string of the molecule is CC(C)C(CN(C)C)Nc1nc(Cl)nc2nc[nH]c12. The van der Waals surface area contributed by atoms with Crippen LogP contribution >= 0.6 is 11.6 Å². The molecule has 2 aromatic rings. The Hall–Kier alpha value is -1.40. The summed E-state index contributed by atoms with van der Waals surface area (Å²) in [7, 11) is 4.10. The largest absolute Gasteiger partial charge is 0.364 e. The van der Waals surface area contributed by atoms with E-state index < -0.39 is 0 Å². The van der Waals surface area contributed by atoms with E-state index in [4.69, 9.17) is 11.6 Å². The highest BCUT2D eigenvalue weighted by Crippen LogP contribution is 2.21. The monoisotopic (exact) mass is 282 g/mol. The van der Waals surface area contributed by atoms with Crippen molar-refractivity contribution >= 4 is 28.6 Å². The molecule has 0 radical (unpaired) electrons. The first-order valence-corrected chi connectivity index (χ1v) is 6.63. The van der Waals surface area contributed by atoms with Crippen LogP contribution in [0.15, 0.2) is 6.33 Å². The van der Waals surface area contributed by atoms with Gasteiger partial charge in [0.05, 0.1) is 6.33 Å². The van der Waals surface area contributed by atoms with E-state index >= 15 is 0 Å². The fourth-order valence-corrected chi connectivity index (χ4v) is 2.07. The van der Waals surface area contributed by atoms with Crippen molar-refractivity contribution in [2.75, 3.05) is 26.0 Å². The number of hydrogen-bond acceptors (Lipinski definition) is 5. The molecule has 0 aliphatic heterocycles. The van der Waals surface area contributed by atoms with Crippen molar-refractivity contribution in [1.82, 2.24) is 24.8 Å². The van der Waals surface area contributed by atoms with Crippen LogP contribution in [-0.2, 0) is 0 Å². The van der Waals surface area contributed by atoms with E-state index in [1.54, 1.807) is 6.33 Å². The molecule has 2 heterocycles. The molecule has 1 atom stereocenters. The number of likely N-dealkylation sites (N-methyl/N-ethyl adjacent to an activating group) is 1. The fourth-order valence-electron chi connectivity index (χ4n) is 1.90. The molecule has 104 valence electrons. The van der Waals surface area contributed by atoms with Gasteiger partial charge in [0, 0.05) is 12.6 Å². The maximum atomic E-state index is 5.92. The second kappa shape index (κ2) is 5.71. The Bertz CT molecular complexity index is 550. The Balaban J connectivity index is 2.30. The van der Waals surface area contributed by atoms with Gasteiger partial charge in [-0.15, -0.1) is 0 Å². The summed E-state index contributed by atoms with van der Waals surface area (Å²) in [5, 5.41) is 3.63. The predicted molar refractivity (Wildman–Crippen MR) is 77.5 cm³/mol. The molecule has 2 N–H and O–H groups in total. The van der Waals surface area contributed by atoms with Crippen molar-refractivity contribution in [2.45, 2.75) is 19.9 Å². The van der Waals surface area contributed by atoms with E-state index in [1.807, 2.05) is 0 Å². The summed E-state index contributed by atoms with van der Waals surface area (Å²) in [6, 6.07) is 0.271. The van der Waals surface area contributed by atoms with Crippen LogP contribution in [0.25, 0.3) is 11.2 Å². The van der Waals surface area contributed by atoms with E-state index in [0.717, 1.165) is 12.1 Å². The highest BCUT2D eigenvalue weighted by atomic mass is 35.5. The topological polar surface area (TPSA) is 69.7 Å². The molecule has 7 heteroatoms. The first-order chi connectivity index (χ1) is 8.97. The van der Waals surface area contributed by atoms with E-state index in [9.17, 15) is 0 Å². The number of imidazole rings is 1. The summed E-state index contributed by atoms with van der Waals surface area (Å²) in [6.45, 7) is 5.26. The summed E-state index contributed by atoms with van der Waals surface area (Å²) < 4.78 is 0. The number of fused-ring (bicyclic) bond motifs is 1. The highest BCUT2D eigenvalue weighted by molar-refractivity contribution is 6.28. The first-order valence-electron chi connectivity index (χ1n) is 6.25. The Labute approximate surface area is 117 Å². The van der Waals surface area contributed by atoms with Crippen LogP contribution in [0.3, 0.4) is 0 Å². The second-order valence-electron chi connectivity index (χ2n) is 5.20. The first kappa shape index (κ1) is 14.0. The summed E-state index contributed by atoms with van der Waals surface area (Å²) >= 11 is 5.92. The Kier molecular flexibility index (Phi) is 4.21. The van der Waals surface area contributed by atoms with Crippen LogP contribution < -0.4 is 5.32 Å². The molecule has 0 aliphatic carbocycles. The van der Waals surface area contributed by atoms with Crippen LogP contribution in [0, 0.1) is 5.92 Å². The van der Waals surface area contributed by atoms with Gasteiger partial charge in [0.2, 0.25) is 5.28 Å². The maximum absolute atomic E-state index is 5.92. The molecule has 2 rings (SSSR count). The van der Waals surface area contributed by atoms with Crippen molar-refractivity contribution in [3.63, 3.8) is 0 Å². The summed E-state index contributed by atoms with van der Waals surface area (Å²) in [5.41, 5.74) is 1.36. The molecule has 0 saturated heterocycles. The lowest BCUT2D eigenvalue weighted by Gasteiger charge is -2.26. The van der Waals surface area contributed by atoms with Gasteiger partial charge < -0.3 is 15.2 Å². The third-order valence-corrected chi connectivity index (χ3v) is 3.12. The van der Waals surface area contributed by atoms with Gasteiger partial charge in [-0.3, -0.25) is 0 Å². The van der Waals surface area contributed by atoms with Crippen molar-refractivity contribution in [2.24, 2.45) is 5.92 Å². The molecule has 0 saturated carbocycles. The number of nitrogens with zero attached hydrogens (tertiary/aromatic N) is 4. The van der Waals surface area contributed by atoms with Gasteiger partial charge in [-0.2, -0.15) is 9.97 Å². The second-order valence-corrected chi connectivity index (χ2v) is 5.54. The van der Waals surface area contributed by atoms with E-state index in [2.05, 4.69) is 58.1 Å². The highest BCUT2D eigenvalue weighted by Gasteiger charge is 2.17. The number of nitrogens with one attached hydrogen (secondary N) is 2. The molecule has 0 aliphatic rings. The lowest BCUT2D eigenvalue weighted by molar-refractivity contribution is 0.344. The quantitative estimate of drug-likeness (QED) is 0.821. The van der Waals surface area contributed by atoms with Crippen molar-refractivity contribution in [3.8, 4) is 0 Å². The number of hydrogen-bond donors (Lipinski definition) is 2. The van der Waals surface area contributed by atoms with Gasteiger partial charge in [-0.25, -0.2) is 4.98 Å². The molecule has 0 bridgehead atoms. The van der Waals surface area contributed by atoms with Crippen LogP contribution in [-0.4, -0.2) is 51.5 Å². The standard InChI is InChI=1S/C12H19ClN6/c1-7(2)8(5-19(3)4)16-11-9-10(15-6-14-9)17-12(13)18-11/h6-8H,5H2,1-4H3,(H2,14,15,16,17,18). The summed E-state index contributed by atoms with van der Waals surface area (Å²) in [6.07, 6.45) is 1.59. The minimum absolute atomic E-state index is 0.203. The maximum Gasteiger partial charge on any atom is 0.226 e. The molecule has 1 unspecified atom stereocenters. The average molecular weight is 283 g/mol. The Morgan fingerprint density at radius 1 is 1.37 bits per heavy atom. The molecular formula is C12H19ClN6. The summed E-state index contributed by atoms with van der Waals surface area (Å²) in [4.78, 5) is 17.6. The molecule has 6 nitrogen and oxygen atoms in total. The fraction of sp³-hybridized carbons (Fsp3) is 0.583. The van der Waals surface area contributed by atoms with Crippen LogP contribution in [0.1, 0.15) is 13.8 Å². The Morgan fingerprint density at radius 2 is 2.11 bits per heavy atom. The van der Waals surface area contributed by atoms with E-state index in [0.29, 0.717) is 17.4 Å². The number of anilines is 1. The minimum Gasteiger partial charge on any atom is -0.364 e. The molecule has 0 amide bonds. The lowest BCUT2D eigenvalue weighted by Crippen LogP contribution is -2.36. The smallest absolute Gasteiger partial charge is 0.226 e. The van der Waals surface area contributed by atoms with Gasteiger partial charge >= 0.3 is 0 Å². The third-order valence-electron chi connectivity index (χ3n) is 2.95. The van der Waals surface area contributed by atoms with Crippen LogP contribution in [0.5, 0.6) is 0 Å². The molecular weight excluding hydrogens is 264 g/mol. The minimum atomic E-state index is 0.203. The van der Waals surface area contributed by atoms with Crippen molar-refractivity contribution < 1.29 is 0 Å². The van der Waals surface area contributed by atoms with Gasteiger partial charge in [0.25, 0.3) is 0 Å². The number of halogens is 1. The molecule has 0 spiro atoms. The van der Waals surface area contributed by atoms with E-state index in [-0.39, 0.29) is 11.3 Å². The average Bonchev–Trinajstić information content (AvgIpc) is 2.75. The summed E-state index contributed by atoms with van der Waals surface area (Å²) in [5.74, 6) is 1.17. The normalized spacial score (nSPS) is 13.4. The number of aromatic amines is 1. The zero-order valence-corrected chi connectivity index (χ0v) is 12.4. The number of H-pyrrole nitrogens is 1. The van der Waals surface area contributed by atoms with Crippen molar-refractivity contribution in [1.29, 1.82) is 0 Å². The zero-order chi connectivity index (χ0) is 14.0. The predicted octanol–water partition coefficient (Wildman–Crippen LogP) is 2.00. The van der Waals surface area contributed by atoms with Gasteiger partial charge in [0.15, 0.2) is 11.5 Å². The lowest BCUT2D eigenvalue weighted by atomic mass is 10.0. The number of rotatable bonds is 5. The zero-order valence-electron chi connectivity index (χ0n) is 11.6. The van der Waals surface area contributed by atoms with E-state index in [1.165, 1.54) is 0 Å². The molecule has 2 aromatic heterocycles. The number of aromatic nitrogens is 4. The van der Waals surface area contributed by atoms with Crippen LogP contribution in [0.4, 0.5) is 5.82 Å². The molecule has 0 fully saturated rings. The van der Waals surface area contributed by atoms with Crippen LogP contribution in [0.2, 0.25) is 5.28 Å². The van der Waals surface area contributed by atoms with Crippen molar-refractivity contribution in [3.05, 3.63) is 11.6 Å². The third kappa shape index (κ3) is 3.33. The molecule has 0 aromatic carbocycles. The molecule has 19 heavy (non-hydrogen) atoms. The van der Waals surface area contributed by atoms with Gasteiger partial charge in [0.1, 0.15) is 5.52 Å². The van der Waals surface area contributed by atoms with Gasteiger partial charge in [-0.05, 0) is 31.6 Å². The Morgan fingerprint density at radius 3 is 2.74 bits per heavy atom.